The van der Waals surface area contributed by atoms with Crippen molar-refractivity contribution >= 4 is 11.6 Å². The van der Waals surface area contributed by atoms with E-state index in [2.05, 4.69) is 6.07 Å². The van der Waals surface area contributed by atoms with Gasteiger partial charge in [0.05, 0.1) is 6.61 Å². The Labute approximate surface area is 109 Å². The summed E-state index contributed by atoms with van der Waals surface area (Å²) in [6.07, 6.45) is 7.75. The van der Waals surface area contributed by atoms with Gasteiger partial charge in [0.15, 0.2) is 0 Å². The average Bonchev–Trinajstić information content (AvgIpc) is 2.62. The first-order valence-electron chi connectivity index (χ1n) is 6.68. The molecule has 0 aliphatic heterocycles. The number of aliphatic hydroxyl groups excluding tert-OH is 1. The van der Waals surface area contributed by atoms with E-state index in [9.17, 15) is 5.11 Å². The fraction of sp³-hybridized carbons (Fsp3) is 0.600. The lowest BCUT2D eigenvalue weighted by molar-refractivity contribution is 0.214. The van der Waals surface area contributed by atoms with Crippen LogP contribution < -0.4 is 0 Å². The van der Waals surface area contributed by atoms with E-state index >= 15 is 0 Å². The maximum Gasteiger partial charge on any atom is 0.0502 e. The fourth-order valence-electron chi connectivity index (χ4n) is 2.99. The van der Waals surface area contributed by atoms with Gasteiger partial charge in [0, 0.05) is 10.9 Å². The highest BCUT2D eigenvalue weighted by atomic mass is 35.5. The third kappa shape index (κ3) is 3.23. The number of aliphatic hydroxyl groups is 1. The van der Waals surface area contributed by atoms with Crippen LogP contribution in [0, 0.1) is 5.92 Å². The third-order valence-electron chi connectivity index (χ3n) is 3.97. The zero-order chi connectivity index (χ0) is 12.1. The number of rotatable bonds is 3. The number of benzene rings is 1. The first-order valence-corrected chi connectivity index (χ1v) is 7.06. The largest absolute Gasteiger partial charge is 0.396 e. The van der Waals surface area contributed by atoms with Crippen LogP contribution in [0.2, 0.25) is 5.02 Å². The molecule has 1 atom stereocenters. The Balaban J connectivity index is 2.17. The quantitative estimate of drug-likeness (QED) is 0.792. The van der Waals surface area contributed by atoms with Crippen LogP contribution in [0.5, 0.6) is 0 Å². The van der Waals surface area contributed by atoms with E-state index in [1.807, 2.05) is 18.2 Å². The molecule has 0 amide bonds. The van der Waals surface area contributed by atoms with E-state index in [1.165, 1.54) is 38.5 Å². The Hall–Kier alpha value is -0.530. The van der Waals surface area contributed by atoms with Crippen molar-refractivity contribution in [1.82, 2.24) is 0 Å². The standard InChI is InChI=1S/C15H21ClO/c16-15-10-6-5-9-13(15)14(11-17)12-7-3-1-2-4-8-12/h5-6,9-10,12,14,17H,1-4,7-8,11H2. The molecule has 17 heavy (non-hydrogen) atoms. The van der Waals surface area contributed by atoms with Gasteiger partial charge in [-0.2, -0.15) is 0 Å². The molecule has 1 fully saturated rings. The van der Waals surface area contributed by atoms with Crippen LogP contribution in [0.3, 0.4) is 0 Å². The zero-order valence-electron chi connectivity index (χ0n) is 10.2. The minimum absolute atomic E-state index is 0.217. The normalized spacial score (nSPS) is 19.9. The predicted octanol–water partition coefficient (Wildman–Crippen LogP) is 4.39. The van der Waals surface area contributed by atoms with Gasteiger partial charge in [-0.15, -0.1) is 0 Å². The molecule has 0 spiro atoms. The third-order valence-corrected chi connectivity index (χ3v) is 4.31. The van der Waals surface area contributed by atoms with Crippen LogP contribution in [0.15, 0.2) is 24.3 Å². The van der Waals surface area contributed by atoms with E-state index in [0.29, 0.717) is 5.92 Å². The Morgan fingerprint density at radius 1 is 1.12 bits per heavy atom. The average molecular weight is 253 g/mol. The maximum absolute atomic E-state index is 9.69. The molecule has 0 saturated heterocycles. The fourth-order valence-corrected chi connectivity index (χ4v) is 3.27. The molecule has 0 heterocycles. The maximum atomic E-state index is 9.69. The van der Waals surface area contributed by atoms with E-state index in [1.54, 1.807) is 0 Å². The monoisotopic (exact) mass is 252 g/mol. The summed E-state index contributed by atoms with van der Waals surface area (Å²) in [5.41, 5.74) is 1.13. The molecule has 1 saturated carbocycles. The first-order chi connectivity index (χ1) is 8.33. The van der Waals surface area contributed by atoms with Crippen molar-refractivity contribution < 1.29 is 5.11 Å². The Bertz CT molecular complexity index is 343. The van der Waals surface area contributed by atoms with Crippen LogP contribution in [-0.4, -0.2) is 11.7 Å². The van der Waals surface area contributed by atoms with Gasteiger partial charge >= 0.3 is 0 Å². The van der Waals surface area contributed by atoms with Crippen molar-refractivity contribution in [3.05, 3.63) is 34.9 Å². The summed E-state index contributed by atoms with van der Waals surface area (Å²) in [7, 11) is 0. The van der Waals surface area contributed by atoms with Gasteiger partial charge in [0.25, 0.3) is 0 Å². The van der Waals surface area contributed by atoms with Gasteiger partial charge < -0.3 is 5.11 Å². The molecular formula is C15H21ClO. The Kier molecular flexibility index (Phi) is 4.87. The second kappa shape index (κ2) is 6.42. The van der Waals surface area contributed by atoms with E-state index in [4.69, 9.17) is 11.6 Å². The van der Waals surface area contributed by atoms with Crippen LogP contribution in [0.1, 0.15) is 50.0 Å². The number of halogens is 1. The topological polar surface area (TPSA) is 20.2 Å². The highest BCUT2D eigenvalue weighted by Crippen LogP contribution is 2.37. The molecule has 1 N–H and O–H groups in total. The van der Waals surface area contributed by atoms with Crippen LogP contribution in [-0.2, 0) is 0 Å². The van der Waals surface area contributed by atoms with Gasteiger partial charge in [0.2, 0.25) is 0 Å². The lowest BCUT2D eigenvalue weighted by Gasteiger charge is -2.25. The zero-order valence-corrected chi connectivity index (χ0v) is 11.0. The number of hydrogen-bond donors (Lipinski definition) is 1. The molecule has 1 unspecified atom stereocenters. The van der Waals surface area contributed by atoms with E-state index in [-0.39, 0.29) is 12.5 Å². The summed E-state index contributed by atoms with van der Waals surface area (Å²) >= 11 is 6.25. The molecule has 0 bridgehead atoms. The van der Waals surface area contributed by atoms with Crippen LogP contribution in [0.4, 0.5) is 0 Å². The van der Waals surface area contributed by atoms with Crippen molar-refractivity contribution in [1.29, 1.82) is 0 Å². The molecule has 1 aromatic carbocycles. The van der Waals surface area contributed by atoms with Crippen molar-refractivity contribution in [3.8, 4) is 0 Å². The molecule has 1 aliphatic rings. The SMILES string of the molecule is OCC(c1ccccc1Cl)C1CCCCCC1. The second-order valence-corrected chi connectivity index (χ2v) is 5.47. The van der Waals surface area contributed by atoms with E-state index < -0.39 is 0 Å². The molecular weight excluding hydrogens is 232 g/mol. The minimum Gasteiger partial charge on any atom is -0.396 e. The summed E-state index contributed by atoms with van der Waals surface area (Å²) in [6, 6.07) is 7.96. The van der Waals surface area contributed by atoms with E-state index in [0.717, 1.165) is 10.6 Å². The molecule has 1 aliphatic carbocycles. The summed E-state index contributed by atoms with van der Waals surface area (Å²) in [5, 5.41) is 10.5. The second-order valence-electron chi connectivity index (χ2n) is 5.06. The minimum atomic E-state index is 0.217. The van der Waals surface area contributed by atoms with Crippen molar-refractivity contribution in [2.45, 2.75) is 44.4 Å². The van der Waals surface area contributed by atoms with Gasteiger partial charge in [-0.05, 0) is 30.4 Å². The van der Waals surface area contributed by atoms with Gasteiger partial charge in [0.1, 0.15) is 0 Å². The predicted molar refractivity (Wildman–Crippen MR) is 72.5 cm³/mol. The molecule has 0 aromatic heterocycles. The summed E-state index contributed by atoms with van der Waals surface area (Å²) in [5.74, 6) is 0.823. The van der Waals surface area contributed by atoms with Crippen LogP contribution in [0.25, 0.3) is 0 Å². The molecule has 2 heteroatoms. The van der Waals surface area contributed by atoms with Crippen LogP contribution >= 0.6 is 11.6 Å². The van der Waals surface area contributed by atoms with Gasteiger partial charge in [-0.3, -0.25) is 0 Å². The van der Waals surface area contributed by atoms with Gasteiger partial charge in [-0.25, -0.2) is 0 Å². The number of hydrogen-bond acceptors (Lipinski definition) is 1. The Morgan fingerprint density at radius 3 is 2.35 bits per heavy atom. The lowest BCUT2D eigenvalue weighted by Crippen LogP contribution is -2.16. The molecule has 2 rings (SSSR count). The molecule has 94 valence electrons. The summed E-state index contributed by atoms with van der Waals surface area (Å²) in [4.78, 5) is 0. The van der Waals surface area contributed by atoms with Gasteiger partial charge in [-0.1, -0.05) is 55.5 Å². The molecule has 0 radical (unpaired) electrons. The van der Waals surface area contributed by atoms with Crippen molar-refractivity contribution in [2.24, 2.45) is 5.92 Å². The molecule has 1 nitrogen and oxygen atoms in total. The smallest absolute Gasteiger partial charge is 0.0502 e. The summed E-state index contributed by atoms with van der Waals surface area (Å²) < 4.78 is 0. The first kappa shape index (κ1) is 12.9. The highest BCUT2D eigenvalue weighted by Gasteiger charge is 2.24. The van der Waals surface area contributed by atoms with Crippen molar-refractivity contribution in [2.75, 3.05) is 6.61 Å². The molecule has 1 aromatic rings. The highest BCUT2D eigenvalue weighted by molar-refractivity contribution is 6.31. The Morgan fingerprint density at radius 2 is 1.76 bits per heavy atom. The van der Waals surface area contributed by atoms with Crippen molar-refractivity contribution in [3.63, 3.8) is 0 Å². The lowest BCUT2D eigenvalue weighted by atomic mass is 9.82. The summed E-state index contributed by atoms with van der Waals surface area (Å²) in [6.45, 7) is 0.217.